The van der Waals surface area contributed by atoms with Crippen molar-refractivity contribution < 1.29 is 18.3 Å². The molecule has 3 rings (SSSR count). The minimum atomic E-state index is -4.08. The van der Waals surface area contributed by atoms with Crippen molar-refractivity contribution in [1.82, 2.24) is 14.6 Å². The maximum atomic E-state index is 12.8. The highest BCUT2D eigenvalue weighted by Gasteiger charge is 2.44. The summed E-state index contributed by atoms with van der Waals surface area (Å²) >= 11 is 12.1. The number of nitrogens with one attached hydrogen (secondary N) is 1. The number of carboxylic acids is 1. The van der Waals surface area contributed by atoms with Crippen LogP contribution in [0.5, 0.6) is 0 Å². The lowest BCUT2D eigenvalue weighted by Gasteiger charge is -2.37. The lowest BCUT2D eigenvalue weighted by molar-refractivity contribution is -0.146. The summed E-state index contributed by atoms with van der Waals surface area (Å²) in [5, 5.41) is 11.1. The van der Waals surface area contributed by atoms with Gasteiger partial charge in [0.1, 0.15) is 10.7 Å². The number of rotatable bonds is 4. The van der Waals surface area contributed by atoms with Gasteiger partial charge in [0, 0.05) is 30.1 Å². The van der Waals surface area contributed by atoms with Crippen LogP contribution in [-0.2, 0) is 14.8 Å². The zero-order valence-electron chi connectivity index (χ0n) is 13.9. The number of carbonyl (C=O) groups is 1. The SMILES string of the molecule is CN1CCC(NS(=O)(=O)c2ccc3c(Cl)cnc(Cl)c3c2)(C(=O)O)CC1. The summed E-state index contributed by atoms with van der Waals surface area (Å²) in [7, 11) is -2.22. The van der Waals surface area contributed by atoms with Gasteiger partial charge >= 0.3 is 5.97 Å². The third kappa shape index (κ3) is 3.52. The zero-order chi connectivity index (χ0) is 19.1. The van der Waals surface area contributed by atoms with Gasteiger partial charge in [-0.1, -0.05) is 29.3 Å². The number of nitrogens with zero attached hydrogens (tertiary/aromatic N) is 2. The number of sulfonamides is 1. The Hall–Kier alpha value is -1.45. The van der Waals surface area contributed by atoms with E-state index in [9.17, 15) is 18.3 Å². The molecule has 1 fully saturated rings. The first-order chi connectivity index (χ1) is 12.1. The van der Waals surface area contributed by atoms with E-state index in [-0.39, 0.29) is 22.9 Å². The molecule has 1 aliphatic rings. The van der Waals surface area contributed by atoms with E-state index < -0.39 is 21.5 Å². The van der Waals surface area contributed by atoms with Crippen molar-refractivity contribution in [2.75, 3.05) is 20.1 Å². The molecule has 1 aliphatic heterocycles. The molecule has 1 aromatic heterocycles. The van der Waals surface area contributed by atoms with Crippen LogP contribution >= 0.6 is 23.2 Å². The van der Waals surface area contributed by atoms with Gasteiger partial charge in [0.15, 0.2) is 0 Å². The first-order valence-corrected chi connectivity index (χ1v) is 10.1. The van der Waals surface area contributed by atoms with Gasteiger partial charge in [0.25, 0.3) is 0 Å². The quantitative estimate of drug-likeness (QED) is 0.740. The maximum absolute atomic E-state index is 12.8. The molecule has 0 spiro atoms. The highest BCUT2D eigenvalue weighted by Crippen LogP contribution is 2.31. The summed E-state index contributed by atoms with van der Waals surface area (Å²) in [5.74, 6) is -1.18. The van der Waals surface area contributed by atoms with Gasteiger partial charge < -0.3 is 10.0 Å². The first kappa shape index (κ1) is 19.3. The predicted molar refractivity (Wildman–Crippen MR) is 99.2 cm³/mol. The summed E-state index contributed by atoms with van der Waals surface area (Å²) < 4.78 is 28.1. The van der Waals surface area contributed by atoms with Crippen molar-refractivity contribution in [2.45, 2.75) is 23.3 Å². The molecule has 140 valence electrons. The average Bonchev–Trinajstić information content (AvgIpc) is 2.60. The molecule has 1 aromatic carbocycles. The molecule has 0 radical (unpaired) electrons. The molecule has 7 nitrogen and oxygen atoms in total. The van der Waals surface area contributed by atoms with E-state index in [0.717, 1.165) is 0 Å². The van der Waals surface area contributed by atoms with E-state index in [0.29, 0.717) is 28.9 Å². The van der Waals surface area contributed by atoms with Crippen LogP contribution in [-0.4, -0.2) is 55.1 Å². The van der Waals surface area contributed by atoms with Gasteiger partial charge in [-0.3, -0.25) is 4.79 Å². The Labute approximate surface area is 161 Å². The fourth-order valence-electron chi connectivity index (χ4n) is 3.00. The molecule has 0 unspecified atom stereocenters. The van der Waals surface area contributed by atoms with Crippen LogP contribution in [0.2, 0.25) is 10.2 Å². The van der Waals surface area contributed by atoms with Gasteiger partial charge in [0.05, 0.1) is 9.92 Å². The van der Waals surface area contributed by atoms with E-state index in [1.54, 1.807) is 0 Å². The standard InChI is InChI=1S/C16H17Cl2N3O4S/c1-21-6-4-16(5-7-21,15(22)23)20-26(24,25)10-2-3-11-12(8-10)14(18)19-9-13(11)17/h2-3,8-9,20H,4-7H2,1H3,(H,22,23). The smallest absolute Gasteiger partial charge is 0.324 e. The Bertz CT molecular complexity index is 973. The number of hydrogen-bond donors (Lipinski definition) is 2. The Balaban J connectivity index is 2.01. The normalized spacial score (nSPS) is 18.1. The van der Waals surface area contributed by atoms with E-state index in [2.05, 4.69) is 9.71 Å². The highest BCUT2D eigenvalue weighted by atomic mass is 35.5. The lowest BCUT2D eigenvalue weighted by Crippen LogP contribution is -2.59. The molecular formula is C16H17Cl2N3O4S. The topological polar surface area (TPSA) is 99.6 Å². The monoisotopic (exact) mass is 417 g/mol. The van der Waals surface area contributed by atoms with Gasteiger partial charge in [-0.2, -0.15) is 4.72 Å². The van der Waals surface area contributed by atoms with Gasteiger partial charge in [-0.15, -0.1) is 0 Å². The third-order valence-corrected chi connectivity index (χ3v) is 6.79. The predicted octanol–water partition coefficient (Wildman–Crippen LogP) is 2.37. The summed E-state index contributed by atoms with van der Waals surface area (Å²) in [6.07, 6.45) is 1.75. The van der Waals surface area contributed by atoms with Gasteiger partial charge in [-0.05, 0) is 32.0 Å². The van der Waals surface area contributed by atoms with E-state index in [1.165, 1.54) is 24.4 Å². The second-order valence-corrected chi connectivity index (χ2v) is 8.85. The summed E-state index contributed by atoms with van der Waals surface area (Å²) in [5.41, 5.74) is -1.53. The molecule has 2 N–H and O–H groups in total. The molecule has 0 bridgehead atoms. The van der Waals surface area contributed by atoms with Gasteiger partial charge in [-0.25, -0.2) is 13.4 Å². The number of pyridine rings is 1. The average molecular weight is 418 g/mol. The van der Waals surface area contributed by atoms with Crippen LogP contribution in [0.3, 0.4) is 0 Å². The molecule has 10 heteroatoms. The van der Waals surface area contributed by atoms with Crippen molar-refractivity contribution in [3.05, 3.63) is 34.6 Å². The van der Waals surface area contributed by atoms with Crippen LogP contribution in [0.15, 0.2) is 29.3 Å². The molecule has 2 heterocycles. The lowest BCUT2D eigenvalue weighted by atomic mass is 9.89. The number of halogens is 2. The molecule has 0 atom stereocenters. The molecule has 1 saturated heterocycles. The highest BCUT2D eigenvalue weighted by molar-refractivity contribution is 7.89. The van der Waals surface area contributed by atoms with E-state index in [4.69, 9.17) is 23.2 Å². The Morgan fingerprint density at radius 1 is 1.27 bits per heavy atom. The number of hydrogen-bond acceptors (Lipinski definition) is 5. The molecule has 26 heavy (non-hydrogen) atoms. The zero-order valence-corrected chi connectivity index (χ0v) is 16.2. The number of carboxylic acid groups (broad SMARTS) is 1. The van der Waals surface area contributed by atoms with Crippen LogP contribution in [0.25, 0.3) is 10.8 Å². The van der Waals surface area contributed by atoms with Crippen molar-refractivity contribution in [3.63, 3.8) is 0 Å². The Morgan fingerprint density at radius 3 is 2.54 bits per heavy atom. The summed E-state index contributed by atoms with van der Waals surface area (Å²) in [6, 6.07) is 4.25. The van der Waals surface area contributed by atoms with Crippen LogP contribution in [0.1, 0.15) is 12.8 Å². The Morgan fingerprint density at radius 2 is 1.92 bits per heavy atom. The first-order valence-electron chi connectivity index (χ1n) is 7.84. The summed E-state index contributed by atoms with van der Waals surface area (Å²) in [4.78, 5) is 17.6. The molecule has 2 aromatic rings. The molecule has 0 aliphatic carbocycles. The molecule has 0 saturated carbocycles. The number of fused-ring (bicyclic) bond motifs is 1. The van der Waals surface area contributed by atoms with Gasteiger partial charge in [0.2, 0.25) is 10.0 Å². The maximum Gasteiger partial charge on any atom is 0.324 e. The molecule has 0 amide bonds. The minimum Gasteiger partial charge on any atom is -0.480 e. The Kier molecular flexibility index (Phi) is 5.15. The van der Waals surface area contributed by atoms with Crippen LogP contribution < -0.4 is 4.72 Å². The number of aliphatic carboxylic acids is 1. The van der Waals surface area contributed by atoms with E-state index >= 15 is 0 Å². The van der Waals surface area contributed by atoms with E-state index in [1.807, 2.05) is 11.9 Å². The van der Waals surface area contributed by atoms with Crippen molar-refractivity contribution in [3.8, 4) is 0 Å². The second-order valence-electron chi connectivity index (χ2n) is 6.40. The minimum absolute atomic E-state index is 0.0875. The molecular weight excluding hydrogens is 401 g/mol. The number of aromatic nitrogens is 1. The fraction of sp³-hybridized carbons (Fsp3) is 0.375. The van der Waals surface area contributed by atoms with Crippen LogP contribution in [0, 0.1) is 0 Å². The van der Waals surface area contributed by atoms with Crippen molar-refractivity contribution >= 4 is 50.0 Å². The van der Waals surface area contributed by atoms with Crippen molar-refractivity contribution in [2.24, 2.45) is 0 Å². The summed E-state index contributed by atoms with van der Waals surface area (Å²) in [6.45, 7) is 0.968. The fourth-order valence-corrected chi connectivity index (χ4v) is 4.86. The number of piperidine rings is 1. The van der Waals surface area contributed by atoms with Crippen LogP contribution in [0.4, 0.5) is 0 Å². The number of benzene rings is 1. The third-order valence-electron chi connectivity index (χ3n) is 4.65. The largest absolute Gasteiger partial charge is 0.480 e. The van der Waals surface area contributed by atoms with Crippen molar-refractivity contribution in [1.29, 1.82) is 0 Å². The second kappa shape index (κ2) is 6.94. The number of likely N-dealkylation sites (tertiary alicyclic amines) is 1.